The van der Waals surface area contributed by atoms with Crippen LogP contribution in [0.1, 0.15) is 36.7 Å². The molecule has 7 nitrogen and oxygen atoms in total. The van der Waals surface area contributed by atoms with Gasteiger partial charge in [0, 0.05) is 42.5 Å². The number of rotatable bonds is 6. The number of hydrogen-bond donors (Lipinski definition) is 1. The normalized spacial score (nSPS) is 13.4. The number of imidazole rings is 1. The van der Waals surface area contributed by atoms with Crippen molar-refractivity contribution in [3.63, 3.8) is 0 Å². The molecule has 0 unspecified atom stereocenters. The van der Waals surface area contributed by atoms with Gasteiger partial charge < -0.3 is 9.72 Å². The van der Waals surface area contributed by atoms with E-state index in [2.05, 4.69) is 5.32 Å². The lowest BCUT2D eigenvalue weighted by Gasteiger charge is -2.13. The third-order valence-corrected chi connectivity index (χ3v) is 6.51. The Morgan fingerprint density at radius 2 is 1.83 bits per heavy atom. The SMILES string of the molecule is Cc1cccn2cc(-c3ccc(NC(=O)CCc4nc5ccccc5c(=O)n4C4CC4)cc3)nc12. The number of nitrogens with zero attached hydrogens (tertiary/aromatic N) is 4. The molecule has 0 saturated heterocycles. The molecule has 3 aromatic heterocycles. The van der Waals surface area contributed by atoms with Crippen LogP contribution in [-0.4, -0.2) is 24.8 Å². The van der Waals surface area contributed by atoms with Gasteiger partial charge in [0.25, 0.3) is 5.56 Å². The molecule has 1 N–H and O–H groups in total. The molecular formula is C28H25N5O2. The Labute approximate surface area is 202 Å². The van der Waals surface area contributed by atoms with Gasteiger partial charge in [-0.2, -0.15) is 0 Å². The van der Waals surface area contributed by atoms with E-state index >= 15 is 0 Å². The average Bonchev–Trinajstić information content (AvgIpc) is 3.60. The van der Waals surface area contributed by atoms with Crippen molar-refractivity contribution in [3.8, 4) is 11.3 Å². The van der Waals surface area contributed by atoms with Crippen molar-refractivity contribution in [1.82, 2.24) is 18.9 Å². The van der Waals surface area contributed by atoms with Gasteiger partial charge in [-0.15, -0.1) is 0 Å². The lowest BCUT2D eigenvalue weighted by Crippen LogP contribution is -2.25. The lowest BCUT2D eigenvalue weighted by atomic mass is 10.1. The minimum absolute atomic E-state index is 0.00811. The molecule has 0 bridgehead atoms. The molecule has 6 rings (SSSR count). The summed E-state index contributed by atoms with van der Waals surface area (Å²) >= 11 is 0. The Morgan fingerprint density at radius 3 is 2.60 bits per heavy atom. The van der Waals surface area contributed by atoms with Crippen molar-refractivity contribution in [2.24, 2.45) is 0 Å². The summed E-state index contributed by atoms with van der Waals surface area (Å²) in [6.07, 6.45) is 6.63. The van der Waals surface area contributed by atoms with E-state index in [4.69, 9.17) is 9.97 Å². The molecule has 0 aliphatic heterocycles. The van der Waals surface area contributed by atoms with E-state index in [9.17, 15) is 9.59 Å². The highest BCUT2D eigenvalue weighted by Crippen LogP contribution is 2.35. The second-order valence-electron chi connectivity index (χ2n) is 9.13. The topological polar surface area (TPSA) is 81.3 Å². The van der Waals surface area contributed by atoms with Crippen LogP contribution in [0, 0.1) is 6.92 Å². The van der Waals surface area contributed by atoms with Crippen molar-refractivity contribution < 1.29 is 4.79 Å². The van der Waals surface area contributed by atoms with Gasteiger partial charge in [-0.1, -0.05) is 30.3 Å². The zero-order valence-electron chi connectivity index (χ0n) is 19.4. The van der Waals surface area contributed by atoms with Gasteiger partial charge in [0.1, 0.15) is 11.5 Å². The van der Waals surface area contributed by atoms with Crippen molar-refractivity contribution >= 4 is 28.1 Å². The summed E-state index contributed by atoms with van der Waals surface area (Å²) in [4.78, 5) is 35.2. The van der Waals surface area contributed by atoms with Crippen LogP contribution in [0.15, 0.2) is 77.9 Å². The Hall–Kier alpha value is -4.26. The average molecular weight is 464 g/mol. The van der Waals surface area contributed by atoms with Crippen LogP contribution in [0.3, 0.4) is 0 Å². The van der Waals surface area contributed by atoms with Gasteiger partial charge in [0.05, 0.1) is 16.6 Å². The maximum atomic E-state index is 13.0. The highest BCUT2D eigenvalue weighted by molar-refractivity contribution is 5.91. The van der Waals surface area contributed by atoms with E-state index in [0.29, 0.717) is 23.1 Å². The summed E-state index contributed by atoms with van der Waals surface area (Å²) in [5, 5.41) is 3.60. The Balaban J connectivity index is 1.16. The lowest BCUT2D eigenvalue weighted by molar-refractivity contribution is -0.116. The molecule has 1 fully saturated rings. The number of pyridine rings is 1. The predicted octanol–water partition coefficient (Wildman–Crippen LogP) is 4.93. The van der Waals surface area contributed by atoms with Crippen LogP contribution >= 0.6 is 0 Å². The predicted molar refractivity (Wildman–Crippen MR) is 137 cm³/mol. The first-order valence-electron chi connectivity index (χ1n) is 11.9. The fraction of sp³-hybridized carbons (Fsp3) is 0.214. The third-order valence-electron chi connectivity index (χ3n) is 6.51. The maximum absolute atomic E-state index is 13.0. The smallest absolute Gasteiger partial charge is 0.261 e. The van der Waals surface area contributed by atoms with Crippen molar-refractivity contribution in [3.05, 3.63) is 94.8 Å². The molecule has 1 aliphatic rings. The molecule has 0 atom stereocenters. The molecule has 35 heavy (non-hydrogen) atoms. The van der Waals surface area contributed by atoms with E-state index in [1.807, 2.05) is 84.4 Å². The standard InChI is InChI=1S/C28H25N5O2/c1-18-5-4-16-32-17-24(31-27(18)32)19-8-10-20(11-9-19)29-26(34)15-14-25-30-23-7-3-2-6-22(23)28(35)33(25)21-12-13-21/h2-11,16-17,21H,12-15H2,1H3,(H,29,34). The van der Waals surface area contributed by atoms with Crippen LogP contribution in [0.4, 0.5) is 5.69 Å². The third kappa shape index (κ3) is 4.10. The molecule has 0 radical (unpaired) electrons. The molecule has 1 aliphatic carbocycles. The highest BCUT2D eigenvalue weighted by Gasteiger charge is 2.28. The Kier molecular flexibility index (Phi) is 5.17. The molecule has 1 saturated carbocycles. The van der Waals surface area contributed by atoms with Gasteiger partial charge in [0.2, 0.25) is 5.91 Å². The second kappa shape index (κ2) is 8.51. The molecule has 7 heteroatoms. The molecule has 0 spiro atoms. The number of carbonyl (C=O) groups excluding carboxylic acids is 1. The molecule has 1 amide bonds. The molecular weight excluding hydrogens is 438 g/mol. The minimum Gasteiger partial charge on any atom is -0.326 e. The quantitative estimate of drug-likeness (QED) is 0.387. The zero-order valence-corrected chi connectivity index (χ0v) is 19.4. The fourth-order valence-electron chi connectivity index (χ4n) is 4.54. The number of nitrogens with one attached hydrogen (secondary N) is 1. The van der Waals surface area contributed by atoms with Crippen LogP contribution < -0.4 is 10.9 Å². The van der Waals surface area contributed by atoms with Gasteiger partial charge in [-0.05, 0) is 55.7 Å². The molecule has 2 aromatic carbocycles. The van der Waals surface area contributed by atoms with E-state index in [1.165, 1.54) is 0 Å². The van der Waals surface area contributed by atoms with E-state index < -0.39 is 0 Å². The Morgan fingerprint density at radius 1 is 1.03 bits per heavy atom. The monoisotopic (exact) mass is 463 g/mol. The summed E-state index contributed by atoms with van der Waals surface area (Å²) in [5.74, 6) is 0.578. The molecule has 3 heterocycles. The minimum atomic E-state index is -0.106. The highest BCUT2D eigenvalue weighted by atomic mass is 16.1. The van der Waals surface area contributed by atoms with Crippen LogP contribution in [-0.2, 0) is 11.2 Å². The van der Waals surface area contributed by atoms with Gasteiger partial charge >= 0.3 is 0 Å². The first-order valence-corrected chi connectivity index (χ1v) is 11.9. The zero-order chi connectivity index (χ0) is 23.9. The first kappa shape index (κ1) is 21.3. The van der Waals surface area contributed by atoms with Crippen molar-refractivity contribution in [2.75, 3.05) is 5.32 Å². The maximum Gasteiger partial charge on any atom is 0.261 e. The summed E-state index contributed by atoms with van der Waals surface area (Å²) in [6.45, 7) is 2.04. The number of hydrogen-bond acceptors (Lipinski definition) is 4. The number of para-hydroxylation sites is 1. The van der Waals surface area contributed by atoms with Crippen LogP contribution in [0.5, 0.6) is 0 Å². The largest absolute Gasteiger partial charge is 0.326 e. The summed E-state index contributed by atoms with van der Waals surface area (Å²) in [6, 6.07) is 19.4. The summed E-state index contributed by atoms with van der Waals surface area (Å²) in [5.41, 5.74) is 5.33. The molecule has 5 aromatic rings. The van der Waals surface area contributed by atoms with Crippen LogP contribution in [0.2, 0.25) is 0 Å². The van der Waals surface area contributed by atoms with Gasteiger partial charge in [-0.3, -0.25) is 14.2 Å². The van der Waals surface area contributed by atoms with Gasteiger partial charge in [0.15, 0.2) is 0 Å². The molecule has 174 valence electrons. The number of benzene rings is 2. The first-order chi connectivity index (χ1) is 17.1. The van der Waals surface area contributed by atoms with E-state index in [1.54, 1.807) is 4.57 Å². The Bertz CT molecular complexity index is 1630. The van der Waals surface area contributed by atoms with Crippen molar-refractivity contribution in [1.29, 1.82) is 0 Å². The summed E-state index contributed by atoms with van der Waals surface area (Å²) in [7, 11) is 0. The number of amides is 1. The van der Waals surface area contributed by atoms with Crippen molar-refractivity contribution in [2.45, 2.75) is 38.6 Å². The number of fused-ring (bicyclic) bond motifs is 2. The fourth-order valence-corrected chi connectivity index (χ4v) is 4.54. The number of anilines is 1. The number of aryl methyl sites for hydroxylation is 2. The van der Waals surface area contributed by atoms with Gasteiger partial charge in [-0.25, -0.2) is 9.97 Å². The number of carbonyl (C=O) groups is 1. The van der Waals surface area contributed by atoms with Crippen LogP contribution in [0.25, 0.3) is 27.8 Å². The van der Waals surface area contributed by atoms with E-state index in [-0.39, 0.29) is 23.9 Å². The number of aromatic nitrogens is 4. The van der Waals surface area contributed by atoms with E-state index in [0.717, 1.165) is 41.0 Å². The summed E-state index contributed by atoms with van der Waals surface area (Å²) < 4.78 is 3.81. The second-order valence-corrected chi connectivity index (χ2v) is 9.13.